The summed E-state index contributed by atoms with van der Waals surface area (Å²) in [6.45, 7) is 8.42. The van der Waals surface area contributed by atoms with E-state index in [-0.39, 0.29) is 5.91 Å². The molecule has 1 atom stereocenters. The van der Waals surface area contributed by atoms with Gasteiger partial charge < -0.3 is 19.9 Å². The summed E-state index contributed by atoms with van der Waals surface area (Å²) in [6.07, 6.45) is 2.71. The molecule has 2 rings (SSSR count). The first-order valence-electron chi connectivity index (χ1n) is 8.49. The molecule has 1 N–H and O–H groups in total. The average Bonchev–Trinajstić information content (AvgIpc) is 2.62. The van der Waals surface area contributed by atoms with Crippen molar-refractivity contribution < 1.29 is 9.53 Å². The van der Waals surface area contributed by atoms with Crippen LogP contribution >= 0.6 is 11.6 Å². The molecule has 0 aromatic carbocycles. The lowest BCUT2D eigenvalue weighted by atomic mass is 10.2. The fourth-order valence-electron chi connectivity index (χ4n) is 2.52. The second-order valence-corrected chi connectivity index (χ2v) is 6.53. The molecule has 1 aliphatic heterocycles. The molecule has 1 saturated heterocycles. The highest BCUT2D eigenvalue weighted by molar-refractivity contribution is 6.33. The van der Waals surface area contributed by atoms with Crippen LogP contribution in [0, 0.1) is 0 Å². The number of carbonyl (C=O) groups is 1. The number of anilines is 1. The maximum Gasteiger partial charge on any atom is 0.255 e. The molecule has 0 aliphatic carbocycles. The second kappa shape index (κ2) is 9.20. The number of pyridine rings is 1. The van der Waals surface area contributed by atoms with Crippen LogP contribution in [0.1, 0.15) is 30.6 Å². The monoisotopic (exact) mass is 354 g/mol. The van der Waals surface area contributed by atoms with Gasteiger partial charge >= 0.3 is 0 Å². The highest BCUT2D eigenvalue weighted by Gasteiger charge is 2.19. The molecule has 0 saturated carbocycles. The number of amides is 1. The number of morpholine rings is 1. The van der Waals surface area contributed by atoms with Crippen molar-refractivity contribution in [1.82, 2.24) is 14.8 Å². The van der Waals surface area contributed by atoms with Crippen LogP contribution in [0.4, 0.5) is 5.82 Å². The smallest absolute Gasteiger partial charge is 0.255 e. The molecule has 1 amide bonds. The van der Waals surface area contributed by atoms with Crippen molar-refractivity contribution in [3.05, 3.63) is 22.8 Å². The summed E-state index contributed by atoms with van der Waals surface area (Å²) in [6, 6.07) is 2.23. The molecule has 6 nitrogen and oxygen atoms in total. The summed E-state index contributed by atoms with van der Waals surface area (Å²) in [7, 11) is 2.11. The number of aromatic nitrogens is 1. The quantitative estimate of drug-likeness (QED) is 0.814. The van der Waals surface area contributed by atoms with Gasteiger partial charge in [0.1, 0.15) is 5.82 Å². The van der Waals surface area contributed by atoms with Gasteiger partial charge in [-0.2, -0.15) is 0 Å². The summed E-state index contributed by atoms with van der Waals surface area (Å²) in [5.41, 5.74) is 0.518. The normalized spacial score (nSPS) is 16.3. The van der Waals surface area contributed by atoms with Gasteiger partial charge in [0, 0.05) is 38.4 Å². The zero-order valence-electron chi connectivity index (χ0n) is 14.7. The Bertz CT molecular complexity index is 549. The van der Waals surface area contributed by atoms with E-state index in [0.29, 0.717) is 48.7 Å². The molecule has 1 unspecified atom stereocenters. The molecular weight excluding hydrogens is 328 g/mol. The van der Waals surface area contributed by atoms with Crippen molar-refractivity contribution in [3.63, 3.8) is 0 Å². The third-order valence-corrected chi connectivity index (χ3v) is 4.77. The van der Waals surface area contributed by atoms with Gasteiger partial charge in [0.15, 0.2) is 0 Å². The lowest BCUT2D eigenvalue weighted by Crippen LogP contribution is -2.40. The predicted octanol–water partition coefficient (Wildman–Crippen LogP) is 2.35. The lowest BCUT2D eigenvalue weighted by Gasteiger charge is -2.27. The first kappa shape index (κ1) is 19.0. The molecule has 134 valence electrons. The van der Waals surface area contributed by atoms with E-state index in [1.165, 1.54) is 0 Å². The molecule has 2 heterocycles. The van der Waals surface area contributed by atoms with Crippen LogP contribution in [0.2, 0.25) is 5.02 Å². The van der Waals surface area contributed by atoms with Crippen molar-refractivity contribution in [1.29, 1.82) is 0 Å². The van der Waals surface area contributed by atoms with Crippen LogP contribution in [0.15, 0.2) is 12.3 Å². The highest BCUT2D eigenvalue weighted by Crippen LogP contribution is 2.21. The number of nitrogens with one attached hydrogen (secondary N) is 1. The van der Waals surface area contributed by atoms with E-state index in [9.17, 15) is 4.79 Å². The summed E-state index contributed by atoms with van der Waals surface area (Å²) in [5.74, 6) is 0.573. The largest absolute Gasteiger partial charge is 0.378 e. The van der Waals surface area contributed by atoms with Crippen LogP contribution < -0.4 is 5.32 Å². The SMILES string of the molecule is CCC(C)N(C)CCNc1ncc(C(=O)N2CCOCC2)cc1Cl. The maximum atomic E-state index is 12.4. The summed E-state index contributed by atoms with van der Waals surface area (Å²) in [4.78, 5) is 20.8. The Labute approximate surface area is 149 Å². The van der Waals surface area contributed by atoms with E-state index in [4.69, 9.17) is 16.3 Å². The van der Waals surface area contributed by atoms with Crippen molar-refractivity contribution in [2.75, 3.05) is 51.8 Å². The molecule has 1 aromatic heterocycles. The number of rotatable bonds is 7. The number of hydrogen-bond acceptors (Lipinski definition) is 5. The number of ether oxygens (including phenoxy) is 1. The standard InChI is InChI=1S/C17H27ClN4O2/c1-4-13(2)21(3)6-5-19-16-15(18)11-14(12-20-16)17(23)22-7-9-24-10-8-22/h11-13H,4-10H2,1-3H3,(H,19,20). The van der Waals surface area contributed by atoms with Crippen molar-refractivity contribution >= 4 is 23.3 Å². The Kier molecular flexibility index (Phi) is 7.27. The van der Waals surface area contributed by atoms with Crippen molar-refractivity contribution in [2.45, 2.75) is 26.3 Å². The van der Waals surface area contributed by atoms with Crippen LogP contribution in [-0.2, 0) is 4.74 Å². The van der Waals surface area contributed by atoms with Crippen molar-refractivity contribution in [3.8, 4) is 0 Å². The van der Waals surface area contributed by atoms with Gasteiger partial charge in [0.05, 0.1) is 23.8 Å². The average molecular weight is 355 g/mol. The lowest BCUT2D eigenvalue weighted by molar-refractivity contribution is 0.0302. The van der Waals surface area contributed by atoms with E-state index in [1.54, 1.807) is 17.2 Å². The Balaban J connectivity index is 1.90. The summed E-state index contributed by atoms with van der Waals surface area (Å²) in [5, 5.41) is 3.71. The number of halogens is 1. The fourth-order valence-corrected chi connectivity index (χ4v) is 2.75. The molecule has 1 aliphatic rings. The summed E-state index contributed by atoms with van der Waals surface area (Å²) < 4.78 is 5.27. The van der Waals surface area contributed by atoms with Gasteiger partial charge in [-0.15, -0.1) is 0 Å². The molecule has 24 heavy (non-hydrogen) atoms. The fraction of sp³-hybridized carbons (Fsp3) is 0.647. The van der Waals surface area contributed by atoms with Crippen LogP contribution in [-0.4, -0.2) is 73.2 Å². The Hall–Kier alpha value is -1.37. The van der Waals surface area contributed by atoms with E-state index in [1.807, 2.05) is 0 Å². The van der Waals surface area contributed by atoms with E-state index in [2.05, 4.69) is 36.1 Å². The Morgan fingerprint density at radius 1 is 1.50 bits per heavy atom. The third kappa shape index (κ3) is 5.06. The van der Waals surface area contributed by atoms with Gasteiger partial charge in [0.2, 0.25) is 0 Å². The van der Waals surface area contributed by atoms with Crippen LogP contribution in [0.3, 0.4) is 0 Å². The van der Waals surface area contributed by atoms with Crippen molar-refractivity contribution in [2.24, 2.45) is 0 Å². The molecule has 0 bridgehead atoms. The van der Waals surface area contributed by atoms with E-state index < -0.39 is 0 Å². The number of likely N-dealkylation sites (N-methyl/N-ethyl adjacent to an activating group) is 1. The zero-order valence-corrected chi connectivity index (χ0v) is 15.5. The van der Waals surface area contributed by atoms with E-state index in [0.717, 1.165) is 19.5 Å². The molecule has 1 fully saturated rings. The minimum absolute atomic E-state index is 0.0456. The predicted molar refractivity (Wildman–Crippen MR) is 96.8 cm³/mol. The van der Waals surface area contributed by atoms with Crippen LogP contribution in [0.5, 0.6) is 0 Å². The van der Waals surface area contributed by atoms with Crippen LogP contribution in [0.25, 0.3) is 0 Å². The Morgan fingerprint density at radius 2 is 2.21 bits per heavy atom. The molecule has 1 aromatic rings. The summed E-state index contributed by atoms with van der Waals surface area (Å²) >= 11 is 6.28. The number of carbonyl (C=O) groups excluding carboxylic acids is 1. The molecule has 0 radical (unpaired) electrons. The molecule has 0 spiro atoms. The molecule has 7 heteroatoms. The minimum Gasteiger partial charge on any atom is -0.378 e. The number of hydrogen-bond donors (Lipinski definition) is 1. The maximum absolute atomic E-state index is 12.4. The molecular formula is C17H27ClN4O2. The zero-order chi connectivity index (χ0) is 17.5. The topological polar surface area (TPSA) is 57.7 Å². The Morgan fingerprint density at radius 3 is 2.83 bits per heavy atom. The van der Waals surface area contributed by atoms with Gasteiger partial charge in [-0.05, 0) is 26.5 Å². The van der Waals surface area contributed by atoms with Gasteiger partial charge in [-0.3, -0.25) is 4.79 Å². The first-order valence-corrected chi connectivity index (χ1v) is 8.87. The third-order valence-electron chi connectivity index (χ3n) is 4.49. The van der Waals surface area contributed by atoms with Gasteiger partial charge in [-0.25, -0.2) is 4.98 Å². The van der Waals surface area contributed by atoms with Gasteiger partial charge in [0.25, 0.3) is 5.91 Å². The number of nitrogens with zero attached hydrogens (tertiary/aromatic N) is 3. The van der Waals surface area contributed by atoms with E-state index >= 15 is 0 Å². The second-order valence-electron chi connectivity index (χ2n) is 6.12. The minimum atomic E-state index is -0.0456. The highest BCUT2D eigenvalue weighted by atomic mass is 35.5. The van der Waals surface area contributed by atoms with Gasteiger partial charge in [-0.1, -0.05) is 18.5 Å². The first-order chi connectivity index (χ1) is 11.5.